The third-order valence-corrected chi connectivity index (χ3v) is 5.31. The number of carbonyl (C=O) groups excluding carboxylic acids is 3. The smallest absolute Gasteiger partial charge is 0.323 e. The zero-order valence-electron chi connectivity index (χ0n) is 15.1. The standard InChI is InChI=1S/C21H20N2O4/c1-27-21(26)18-12-14-6-2-3-7-15(14)13-22(18)10-11-23-19(24)16-8-4-5-9-17(16)20(23)25/h2-9,18H,10-13H2,1H3/t18-/m1/s1. The van der Waals surface area contributed by atoms with E-state index >= 15 is 0 Å². The van der Waals surface area contributed by atoms with Gasteiger partial charge in [0.05, 0.1) is 18.2 Å². The number of rotatable bonds is 4. The first-order chi connectivity index (χ1) is 13.1. The predicted molar refractivity (Wildman–Crippen MR) is 98.2 cm³/mol. The zero-order chi connectivity index (χ0) is 19.0. The lowest BCUT2D eigenvalue weighted by Gasteiger charge is -2.35. The second kappa shape index (κ2) is 6.96. The number of imide groups is 1. The molecule has 138 valence electrons. The van der Waals surface area contributed by atoms with Crippen molar-refractivity contribution in [2.24, 2.45) is 0 Å². The first-order valence-electron chi connectivity index (χ1n) is 8.94. The van der Waals surface area contributed by atoms with Crippen LogP contribution < -0.4 is 0 Å². The molecule has 0 saturated carbocycles. The number of nitrogens with zero attached hydrogens (tertiary/aromatic N) is 2. The van der Waals surface area contributed by atoms with E-state index in [0.29, 0.717) is 30.6 Å². The molecule has 0 radical (unpaired) electrons. The molecular formula is C21H20N2O4. The lowest BCUT2D eigenvalue weighted by Crippen LogP contribution is -2.49. The fourth-order valence-corrected chi connectivity index (χ4v) is 3.85. The van der Waals surface area contributed by atoms with Crippen molar-refractivity contribution in [3.63, 3.8) is 0 Å². The zero-order valence-corrected chi connectivity index (χ0v) is 15.1. The molecule has 0 spiro atoms. The van der Waals surface area contributed by atoms with Crippen molar-refractivity contribution in [1.82, 2.24) is 9.80 Å². The number of methoxy groups -OCH3 is 1. The molecule has 0 saturated heterocycles. The van der Waals surface area contributed by atoms with Gasteiger partial charge in [0.1, 0.15) is 6.04 Å². The molecule has 0 unspecified atom stereocenters. The van der Waals surface area contributed by atoms with E-state index in [1.165, 1.54) is 12.0 Å². The molecule has 2 aromatic carbocycles. The van der Waals surface area contributed by atoms with Crippen LogP contribution in [0.15, 0.2) is 48.5 Å². The highest BCUT2D eigenvalue weighted by atomic mass is 16.5. The number of hydrogen-bond donors (Lipinski definition) is 0. The lowest BCUT2D eigenvalue weighted by atomic mass is 9.94. The van der Waals surface area contributed by atoms with Crippen molar-refractivity contribution in [3.05, 3.63) is 70.8 Å². The summed E-state index contributed by atoms with van der Waals surface area (Å²) < 4.78 is 4.97. The van der Waals surface area contributed by atoms with Gasteiger partial charge >= 0.3 is 5.97 Å². The first-order valence-corrected chi connectivity index (χ1v) is 8.94. The van der Waals surface area contributed by atoms with Gasteiger partial charge in [-0.1, -0.05) is 36.4 Å². The van der Waals surface area contributed by atoms with Crippen LogP contribution >= 0.6 is 0 Å². The molecule has 6 nitrogen and oxygen atoms in total. The van der Waals surface area contributed by atoms with Crippen LogP contribution in [0.5, 0.6) is 0 Å². The topological polar surface area (TPSA) is 66.9 Å². The van der Waals surface area contributed by atoms with Gasteiger partial charge in [-0.25, -0.2) is 0 Å². The van der Waals surface area contributed by atoms with Crippen molar-refractivity contribution < 1.29 is 19.1 Å². The van der Waals surface area contributed by atoms with E-state index in [1.54, 1.807) is 24.3 Å². The van der Waals surface area contributed by atoms with Crippen LogP contribution in [0.1, 0.15) is 31.8 Å². The van der Waals surface area contributed by atoms with Crippen LogP contribution in [0, 0.1) is 0 Å². The minimum absolute atomic E-state index is 0.238. The molecule has 2 aromatic rings. The normalized spacial score (nSPS) is 19.0. The maximum absolute atomic E-state index is 12.5. The fourth-order valence-electron chi connectivity index (χ4n) is 3.85. The summed E-state index contributed by atoms with van der Waals surface area (Å²) in [5.41, 5.74) is 3.16. The molecule has 4 rings (SSSR count). The number of fused-ring (bicyclic) bond motifs is 2. The first kappa shape index (κ1) is 17.4. The highest BCUT2D eigenvalue weighted by molar-refractivity contribution is 6.21. The quantitative estimate of drug-likeness (QED) is 0.612. The minimum atomic E-state index is -0.417. The second-order valence-corrected chi connectivity index (χ2v) is 6.79. The van der Waals surface area contributed by atoms with Crippen molar-refractivity contribution in [3.8, 4) is 0 Å². The summed E-state index contributed by atoms with van der Waals surface area (Å²) in [5, 5.41) is 0. The molecule has 0 bridgehead atoms. The number of benzene rings is 2. The van der Waals surface area contributed by atoms with Gasteiger partial charge in [0, 0.05) is 19.6 Å². The molecule has 1 atom stereocenters. The molecule has 2 aliphatic rings. The number of hydrogen-bond acceptors (Lipinski definition) is 5. The Morgan fingerprint density at radius 3 is 2.19 bits per heavy atom. The van der Waals surface area contributed by atoms with Crippen LogP contribution in [-0.2, 0) is 22.5 Å². The van der Waals surface area contributed by atoms with Crippen LogP contribution in [0.3, 0.4) is 0 Å². The Hall–Kier alpha value is -2.99. The van der Waals surface area contributed by atoms with E-state index in [0.717, 1.165) is 11.1 Å². The average molecular weight is 364 g/mol. The maximum Gasteiger partial charge on any atom is 0.323 e. The largest absolute Gasteiger partial charge is 0.468 e. The van der Waals surface area contributed by atoms with Gasteiger partial charge in [-0.05, 0) is 29.7 Å². The monoisotopic (exact) mass is 364 g/mol. The molecule has 2 heterocycles. The van der Waals surface area contributed by atoms with Gasteiger partial charge in [0.25, 0.3) is 11.8 Å². The van der Waals surface area contributed by atoms with Crippen LogP contribution in [-0.4, -0.2) is 53.8 Å². The van der Waals surface area contributed by atoms with E-state index in [2.05, 4.69) is 0 Å². The van der Waals surface area contributed by atoms with E-state index in [1.807, 2.05) is 29.2 Å². The van der Waals surface area contributed by atoms with E-state index in [4.69, 9.17) is 4.74 Å². The molecular weight excluding hydrogens is 344 g/mol. The summed E-state index contributed by atoms with van der Waals surface area (Å²) in [6, 6.07) is 14.4. The summed E-state index contributed by atoms with van der Waals surface area (Å²) in [6.45, 7) is 1.24. The molecule has 0 aromatic heterocycles. The van der Waals surface area contributed by atoms with Crippen molar-refractivity contribution in [2.45, 2.75) is 19.0 Å². The van der Waals surface area contributed by atoms with Gasteiger partial charge < -0.3 is 4.74 Å². The van der Waals surface area contributed by atoms with Gasteiger partial charge in [-0.2, -0.15) is 0 Å². The molecule has 27 heavy (non-hydrogen) atoms. The Morgan fingerprint density at radius 1 is 0.963 bits per heavy atom. The van der Waals surface area contributed by atoms with Crippen molar-refractivity contribution in [1.29, 1.82) is 0 Å². The van der Waals surface area contributed by atoms with Crippen LogP contribution in [0.25, 0.3) is 0 Å². The SMILES string of the molecule is COC(=O)[C@H]1Cc2ccccc2CN1CCN1C(=O)c2ccccc2C1=O. The fraction of sp³-hybridized carbons (Fsp3) is 0.286. The summed E-state index contributed by atoms with van der Waals surface area (Å²) in [4.78, 5) is 40.6. The Bertz CT molecular complexity index is 889. The predicted octanol–water partition coefficient (Wildman–Crippen LogP) is 1.88. The third kappa shape index (κ3) is 3.02. The van der Waals surface area contributed by atoms with E-state index in [-0.39, 0.29) is 24.3 Å². The van der Waals surface area contributed by atoms with Gasteiger partial charge in [-0.3, -0.25) is 24.2 Å². The molecule has 0 N–H and O–H groups in total. The number of ether oxygens (including phenoxy) is 1. The summed E-state index contributed by atoms with van der Waals surface area (Å²) >= 11 is 0. The van der Waals surface area contributed by atoms with Crippen molar-refractivity contribution in [2.75, 3.05) is 20.2 Å². The third-order valence-electron chi connectivity index (χ3n) is 5.31. The number of carbonyl (C=O) groups is 3. The van der Waals surface area contributed by atoms with Crippen LogP contribution in [0.2, 0.25) is 0 Å². The Kier molecular flexibility index (Phi) is 4.49. The lowest BCUT2D eigenvalue weighted by molar-refractivity contribution is -0.147. The second-order valence-electron chi connectivity index (χ2n) is 6.79. The Balaban J connectivity index is 1.52. The highest BCUT2D eigenvalue weighted by Gasteiger charge is 2.37. The Morgan fingerprint density at radius 2 is 1.56 bits per heavy atom. The summed E-state index contributed by atoms with van der Waals surface area (Å²) in [5.74, 6) is -0.850. The number of esters is 1. The van der Waals surface area contributed by atoms with E-state index < -0.39 is 6.04 Å². The molecule has 0 fully saturated rings. The highest BCUT2D eigenvalue weighted by Crippen LogP contribution is 2.26. The van der Waals surface area contributed by atoms with Gasteiger partial charge in [-0.15, -0.1) is 0 Å². The summed E-state index contributed by atoms with van der Waals surface area (Å²) in [7, 11) is 1.38. The minimum Gasteiger partial charge on any atom is -0.468 e. The average Bonchev–Trinajstić information content (AvgIpc) is 2.95. The van der Waals surface area contributed by atoms with Gasteiger partial charge in [0.15, 0.2) is 0 Å². The summed E-state index contributed by atoms with van der Waals surface area (Å²) in [6.07, 6.45) is 0.560. The Labute approximate surface area is 157 Å². The number of amides is 2. The molecule has 2 amide bonds. The van der Waals surface area contributed by atoms with Gasteiger partial charge in [0.2, 0.25) is 0 Å². The molecule has 0 aliphatic carbocycles. The molecule has 2 aliphatic heterocycles. The maximum atomic E-state index is 12.5. The van der Waals surface area contributed by atoms with Crippen molar-refractivity contribution >= 4 is 17.8 Å². The van der Waals surface area contributed by atoms with E-state index in [9.17, 15) is 14.4 Å². The molecule has 6 heteroatoms. The van der Waals surface area contributed by atoms with Crippen LogP contribution in [0.4, 0.5) is 0 Å².